The highest BCUT2D eigenvalue weighted by Crippen LogP contribution is 2.31. The smallest absolute Gasteiger partial charge is 0.0218 e. The van der Waals surface area contributed by atoms with Gasteiger partial charge in [-0.15, -0.1) is 0 Å². The molecule has 0 aromatic rings. The number of hydrogen-bond donors (Lipinski definition) is 2. The van der Waals surface area contributed by atoms with E-state index in [1.807, 2.05) is 0 Å². The lowest BCUT2D eigenvalue weighted by Gasteiger charge is -2.40. The van der Waals surface area contributed by atoms with Crippen LogP contribution in [-0.2, 0) is 0 Å². The van der Waals surface area contributed by atoms with E-state index in [0.29, 0.717) is 5.54 Å². The average Bonchev–Trinajstić information content (AvgIpc) is 2.44. The van der Waals surface area contributed by atoms with Gasteiger partial charge in [0.25, 0.3) is 0 Å². The Morgan fingerprint density at radius 1 is 1.46 bits per heavy atom. The monoisotopic (exact) mass is 182 g/mol. The van der Waals surface area contributed by atoms with E-state index in [4.69, 9.17) is 0 Å². The number of hydrogen-bond acceptors (Lipinski definition) is 2. The van der Waals surface area contributed by atoms with E-state index in [9.17, 15) is 0 Å². The van der Waals surface area contributed by atoms with Gasteiger partial charge in [-0.3, -0.25) is 0 Å². The molecule has 0 bridgehead atoms. The molecule has 1 heterocycles. The van der Waals surface area contributed by atoms with Gasteiger partial charge in [0, 0.05) is 18.1 Å². The lowest BCUT2D eigenvalue weighted by molar-refractivity contribution is 0.199. The normalized spacial score (nSPS) is 37.4. The van der Waals surface area contributed by atoms with Gasteiger partial charge in [0.15, 0.2) is 0 Å². The van der Waals surface area contributed by atoms with E-state index in [1.165, 1.54) is 32.2 Å². The van der Waals surface area contributed by atoms with Crippen molar-refractivity contribution in [3.8, 4) is 0 Å². The third kappa shape index (κ3) is 2.05. The van der Waals surface area contributed by atoms with E-state index in [2.05, 4.69) is 24.5 Å². The van der Waals surface area contributed by atoms with Gasteiger partial charge in [-0.1, -0.05) is 6.92 Å². The second-order valence-corrected chi connectivity index (χ2v) is 5.12. The van der Waals surface area contributed by atoms with Crippen molar-refractivity contribution in [3.05, 3.63) is 0 Å². The molecule has 0 aromatic carbocycles. The number of rotatable bonds is 3. The SMILES string of the molecule is CC1CCNC1CNC1(C)CCC1. The van der Waals surface area contributed by atoms with Crippen molar-refractivity contribution in [3.63, 3.8) is 0 Å². The fourth-order valence-electron chi connectivity index (χ4n) is 2.41. The molecule has 2 nitrogen and oxygen atoms in total. The van der Waals surface area contributed by atoms with Crippen molar-refractivity contribution in [2.45, 2.75) is 51.1 Å². The molecule has 13 heavy (non-hydrogen) atoms. The van der Waals surface area contributed by atoms with Gasteiger partial charge in [-0.25, -0.2) is 0 Å². The van der Waals surface area contributed by atoms with Gasteiger partial charge in [0.2, 0.25) is 0 Å². The molecule has 2 N–H and O–H groups in total. The second-order valence-electron chi connectivity index (χ2n) is 5.12. The predicted octanol–water partition coefficient (Wildman–Crippen LogP) is 1.52. The Morgan fingerprint density at radius 3 is 2.69 bits per heavy atom. The second kappa shape index (κ2) is 3.58. The van der Waals surface area contributed by atoms with Crippen LogP contribution in [0.4, 0.5) is 0 Å². The van der Waals surface area contributed by atoms with E-state index < -0.39 is 0 Å². The fourth-order valence-corrected chi connectivity index (χ4v) is 2.41. The van der Waals surface area contributed by atoms with E-state index >= 15 is 0 Å². The highest BCUT2D eigenvalue weighted by atomic mass is 15.1. The summed E-state index contributed by atoms with van der Waals surface area (Å²) in [6.07, 6.45) is 5.50. The third-order valence-corrected chi connectivity index (χ3v) is 3.90. The summed E-state index contributed by atoms with van der Waals surface area (Å²) in [4.78, 5) is 0. The van der Waals surface area contributed by atoms with Crippen LogP contribution in [0, 0.1) is 5.92 Å². The van der Waals surface area contributed by atoms with Gasteiger partial charge in [0.1, 0.15) is 0 Å². The molecule has 2 atom stereocenters. The summed E-state index contributed by atoms with van der Waals surface area (Å²) >= 11 is 0. The Balaban J connectivity index is 1.72. The number of nitrogens with one attached hydrogen (secondary N) is 2. The Morgan fingerprint density at radius 2 is 2.23 bits per heavy atom. The third-order valence-electron chi connectivity index (χ3n) is 3.90. The van der Waals surface area contributed by atoms with Crippen molar-refractivity contribution in [2.24, 2.45) is 5.92 Å². The summed E-state index contributed by atoms with van der Waals surface area (Å²) in [7, 11) is 0. The quantitative estimate of drug-likeness (QED) is 0.691. The molecular formula is C11H22N2. The van der Waals surface area contributed by atoms with Crippen molar-refractivity contribution >= 4 is 0 Å². The average molecular weight is 182 g/mol. The summed E-state index contributed by atoms with van der Waals surface area (Å²) in [5.41, 5.74) is 0.476. The van der Waals surface area contributed by atoms with Crippen molar-refractivity contribution in [2.75, 3.05) is 13.1 Å². The van der Waals surface area contributed by atoms with Crippen LogP contribution in [0.5, 0.6) is 0 Å². The van der Waals surface area contributed by atoms with Crippen LogP contribution in [0.3, 0.4) is 0 Å². The molecule has 2 unspecified atom stereocenters. The maximum Gasteiger partial charge on any atom is 0.0218 e. The first-order valence-corrected chi connectivity index (χ1v) is 5.68. The Bertz CT molecular complexity index is 175. The van der Waals surface area contributed by atoms with Crippen LogP contribution in [0.2, 0.25) is 0 Å². The molecule has 0 radical (unpaired) electrons. The zero-order valence-electron chi connectivity index (χ0n) is 8.90. The molecule has 1 aliphatic heterocycles. The lowest BCUT2D eigenvalue weighted by Crippen LogP contribution is -2.52. The first kappa shape index (κ1) is 9.47. The van der Waals surface area contributed by atoms with Crippen LogP contribution >= 0.6 is 0 Å². The molecule has 76 valence electrons. The summed E-state index contributed by atoms with van der Waals surface area (Å²) < 4.78 is 0. The highest BCUT2D eigenvalue weighted by molar-refractivity contribution is 4.94. The summed E-state index contributed by atoms with van der Waals surface area (Å²) in [6, 6.07) is 0.720. The molecule has 1 saturated heterocycles. The first-order chi connectivity index (χ1) is 6.20. The Labute approximate surface area is 81.5 Å². The molecule has 2 heteroatoms. The lowest BCUT2D eigenvalue weighted by atomic mass is 9.78. The molecule has 1 aliphatic carbocycles. The molecule has 2 aliphatic rings. The molecule has 2 rings (SSSR count). The summed E-state index contributed by atoms with van der Waals surface area (Å²) in [6.45, 7) is 7.09. The van der Waals surface area contributed by atoms with Gasteiger partial charge < -0.3 is 10.6 Å². The van der Waals surface area contributed by atoms with Crippen LogP contribution < -0.4 is 10.6 Å². The van der Waals surface area contributed by atoms with Gasteiger partial charge in [0.05, 0.1) is 0 Å². The Kier molecular flexibility index (Phi) is 2.61. The maximum atomic E-state index is 3.71. The van der Waals surface area contributed by atoms with Crippen molar-refractivity contribution in [1.82, 2.24) is 10.6 Å². The minimum Gasteiger partial charge on any atom is -0.312 e. The standard InChI is InChI=1S/C11H22N2/c1-9-4-7-12-10(9)8-13-11(2)5-3-6-11/h9-10,12-13H,3-8H2,1-2H3. The topological polar surface area (TPSA) is 24.1 Å². The van der Waals surface area contributed by atoms with Gasteiger partial charge in [-0.05, 0) is 45.1 Å². The van der Waals surface area contributed by atoms with Gasteiger partial charge in [-0.2, -0.15) is 0 Å². The summed E-state index contributed by atoms with van der Waals surface area (Å²) in [5.74, 6) is 0.858. The molecule has 0 spiro atoms. The van der Waals surface area contributed by atoms with E-state index in [-0.39, 0.29) is 0 Å². The van der Waals surface area contributed by atoms with Crippen molar-refractivity contribution < 1.29 is 0 Å². The van der Waals surface area contributed by atoms with Crippen LogP contribution in [0.1, 0.15) is 39.5 Å². The van der Waals surface area contributed by atoms with E-state index in [1.54, 1.807) is 0 Å². The first-order valence-electron chi connectivity index (χ1n) is 5.68. The molecule has 0 amide bonds. The van der Waals surface area contributed by atoms with E-state index in [0.717, 1.165) is 18.5 Å². The van der Waals surface area contributed by atoms with Crippen LogP contribution in [0.15, 0.2) is 0 Å². The van der Waals surface area contributed by atoms with Crippen LogP contribution in [0.25, 0.3) is 0 Å². The largest absolute Gasteiger partial charge is 0.312 e. The minimum atomic E-state index is 0.476. The Hall–Kier alpha value is -0.0800. The zero-order chi connectivity index (χ0) is 9.31. The predicted molar refractivity (Wildman–Crippen MR) is 55.8 cm³/mol. The fraction of sp³-hybridized carbons (Fsp3) is 1.00. The molecule has 2 fully saturated rings. The van der Waals surface area contributed by atoms with Crippen LogP contribution in [-0.4, -0.2) is 24.7 Å². The maximum absolute atomic E-state index is 3.71. The minimum absolute atomic E-state index is 0.476. The zero-order valence-corrected chi connectivity index (χ0v) is 8.90. The van der Waals surface area contributed by atoms with Crippen molar-refractivity contribution in [1.29, 1.82) is 0 Å². The highest BCUT2D eigenvalue weighted by Gasteiger charge is 2.32. The van der Waals surface area contributed by atoms with Gasteiger partial charge >= 0.3 is 0 Å². The molecule has 1 saturated carbocycles. The molecule has 0 aromatic heterocycles. The summed E-state index contributed by atoms with van der Waals surface area (Å²) in [5, 5.41) is 7.27. The molecular weight excluding hydrogens is 160 g/mol.